The van der Waals surface area contributed by atoms with Crippen molar-refractivity contribution in [3.63, 3.8) is 0 Å². The lowest BCUT2D eigenvalue weighted by Gasteiger charge is -2.25. The first-order chi connectivity index (χ1) is 17.5. The van der Waals surface area contributed by atoms with E-state index in [1.54, 1.807) is 17.0 Å². The molecule has 1 fully saturated rings. The van der Waals surface area contributed by atoms with Gasteiger partial charge >= 0.3 is 0 Å². The van der Waals surface area contributed by atoms with Crippen LogP contribution >= 0.6 is 0 Å². The molecule has 2 aliphatic rings. The maximum Gasteiger partial charge on any atom is 0.260 e. The Bertz CT molecular complexity index is 1550. The van der Waals surface area contributed by atoms with Gasteiger partial charge in [0, 0.05) is 34.5 Å². The summed E-state index contributed by atoms with van der Waals surface area (Å²) in [6.45, 7) is 5.53. The van der Waals surface area contributed by atoms with Crippen molar-refractivity contribution >= 4 is 22.5 Å². The molecule has 178 valence electrons. The van der Waals surface area contributed by atoms with E-state index >= 15 is 0 Å². The second kappa shape index (κ2) is 8.81. The summed E-state index contributed by atoms with van der Waals surface area (Å²) in [5.74, 6) is 0.341. The Kier molecular flexibility index (Phi) is 5.46. The number of benzene rings is 1. The standard InChI is InChI=1S/C29H25N5O2/c1-17-24-15-36-16-25(24)23-8-3-19(11-27(23)32-17)14-34(29(35)21-6-7-22(12-30)31-13-21)28-10-9-26(20-4-5-20)33-18(28)2/h3,6-11,13,20H,4-5,14-16H2,1-2H3. The number of amides is 1. The lowest BCUT2D eigenvalue weighted by molar-refractivity contribution is 0.0984. The highest BCUT2D eigenvalue weighted by molar-refractivity contribution is 6.06. The highest BCUT2D eigenvalue weighted by Crippen LogP contribution is 2.40. The van der Waals surface area contributed by atoms with Gasteiger partial charge in [-0.2, -0.15) is 5.26 Å². The van der Waals surface area contributed by atoms with Gasteiger partial charge in [0.05, 0.1) is 42.2 Å². The highest BCUT2D eigenvalue weighted by atomic mass is 16.5. The molecule has 0 radical (unpaired) electrons. The highest BCUT2D eigenvalue weighted by Gasteiger charge is 2.27. The Labute approximate surface area is 209 Å². The minimum Gasteiger partial charge on any atom is -0.372 e. The zero-order chi connectivity index (χ0) is 24.8. The molecule has 0 unspecified atom stereocenters. The number of hydrogen-bond acceptors (Lipinski definition) is 6. The van der Waals surface area contributed by atoms with Gasteiger partial charge in [-0.25, -0.2) is 4.98 Å². The van der Waals surface area contributed by atoms with Crippen molar-refractivity contribution < 1.29 is 9.53 Å². The molecular weight excluding hydrogens is 450 g/mol. The second-order valence-corrected chi connectivity index (χ2v) is 9.55. The minimum absolute atomic E-state index is 0.192. The van der Waals surface area contributed by atoms with Gasteiger partial charge in [-0.15, -0.1) is 0 Å². The van der Waals surface area contributed by atoms with Crippen molar-refractivity contribution in [2.45, 2.75) is 52.4 Å². The van der Waals surface area contributed by atoms with E-state index in [1.807, 2.05) is 32.0 Å². The lowest BCUT2D eigenvalue weighted by Crippen LogP contribution is -2.31. The summed E-state index contributed by atoms with van der Waals surface area (Å²) < 4.78 is 5.67. The smallest absolute Gasteiger partial charge is 0.260 e. The normalized spacial score (nSPS) is 14.5. The fourth-order valence-electron chi connectivity index (χ4n) is 4.92. The van der Waals surface area contributed by atoms with E-state index < -0.39 is 0 Å². The quantitative estimate of drug-likeness (QED) is 0.391. The van der Waals surface area contributed by atoms with E-state index in [9.17, 15) is 4.79 Å². The average Bonchev–Trinajstić information content (AvgIpc) is 3.63. The van der Waals surface area contributed by atoms with Gasteiger partial charge in [0.2, 0.25) is 0 Å². The molecule has 36 heavy (non-hydrogen) atoms. The molecule has 1 saturated carbocycles. The fourth-order valence-corrected chi connectivity index (χ4v) is 4.92. The first-order valence-electron chi connectivity index (χ1n) is 12.2. The van der Waals surface area contributed by atoms with Crippen LogP contribution in [0.5, 0.6) is 0 Å². The maximum atomic E-state index is 13.7. The number of nitrogens with zero attached hydrogens (tertiary/aromatic N) is 5. The lowest BCUT2D eigenvalue weighted by atomic mass is 10.0. The summed E-state index contributed by atoms with van der Waals surface area (Å²) in [6, 6.07) is 15.4. The van der Waals surface area contributed by atoms with Crippen molar-refractivity contribution in [3.05, 3.63) is 93.7 Å². The Morgan fingerprint density at radius 3 is 2.61 bits per heavy atom. The first-order valence-corrected chi connectivity index (χ1v) is 12.2. The van der Waals surface area contributed by atoms with Crippen LogP contribution in [0.15, 0.2) is 48.7 Å². The topological polar surface area (TPSA) is 92.0 Å². The zero-order valence-electron chi connectivity index (χ0n) is 20.3. The molecule has 1 amide bonds. The third-order valence-corrected chi connectivity index (χ3v) is 7.05. The molecule has 0 atom stereocenters. The number of ether oxygens (including phenoxy) is 1. The predicted molar refractivity (Wildman–Crippen MR) is 135 cm³/mol. The number of pyridine rings is 3. The number of aromatic nitrogens is 3. The van der Waals surface area contributed by atoms with Gasteiger partial charge in [-0.05, 0) is 68.1 Å². The van der Waals surface area contributed by atoms with E-state index in [0.29, 0.717) is 31.2 Å². The number of rotatable bonds is 5. The molecule has 6 rings (SSSR count). The Morgan fingerprint density at radius 2 is 1.89 bits per heavy atom. The van der Waals surface area contributed by atoms with Gasteiger partial charge in [0.15, 0.2) is 0 Å². The van der Waals surface area contributed by atoms with Gasteiger partial charge in [-0.1, -0.05) is 12.1 Å². The molecule has 7 nitrogen and oxygen atoms in total. The van der Waals surface area contributed by atoms with Crippen LogP contribution in [-0.2, 0) is 24.5 Å². The van der Waals surface area contributed by atoms with Gasteiger partial charge in [0.1, 0.15) is 11.8 Å². The summed E-state index contributed by atoms with van der Waals surface area (Å²) in [6.07, 6.45) is 3.80. The summed E-state index contributed by atoms with van der Waals surface area (Å²) >= 11 is 0. The van der Waals surface area contributed by atoms with Crippen LogP contribution in [0.1, 0.15) is 68.6 Å². The predicted octanol–water partition coefficient (Wildman–Crippen LogP) is 5.27. The number of anilines is 1. The molecule has 7 heteroatoms. The molecule has 0 spiro atoms. The Morgan fingerprint density at radius 1 is 1.06 bits per heavy atom. The molecule has 3 aromatic heterocycles. The molecule has 1 aliphatic carbocycles. The number of carbonyl (C=O) groups excluding carboxylic acids is 1. The summed E-state index contributed by atoms with van der Waals surface area (Å²) in [5.41, 5.74) is 8.61. The van der Waals surface area contributed by atoms with Crippen LogP contribution in [0.3, 0.4) is 0 Å². The second-order valence-electron chi connectivity index (χ2n) is 9.55. The molecule has 4 heterocycles. The van der Waals surface area contributed by atoms with Gasteiger partial charge in [-0.3, -0.25) is 14.8 Å². The van der Waals surface area contributed by atoms with Crippen molar-refractivity contribution in [1.82, 2.24) is 15.0 Å². The number of nitriles is 1. The van der Waals surface area contributed by atoms with E-state index in [-0.39, 0.29) is 11.6 Å². The first kappa shape index (κ1) is 22.3. The van der Waals surface area contributed by atoms with E-state index in [0.717, 1.165) is 39.2 Å². The molecule has 0 N–H and O–H groups in total. The summed E-state index contributed by atoms with van der Waals surface area (Å²) in [5, 5.41) is 10.2. The van der Waals surface area contributed by atoms with E-state index in [1.165, 1.54) is 30.2 Å². The third kappa shape index (κ3) is 4.00. The largest absolute Gasteiger partial charge is 0.372 e. The number of hydrogen-bond donors (Lipinski definition) is 0. The van der Waals surface area contributed by atoms with E-state index in [4.69, 9.17) is 20.0 Å². The Balaban J connectivity index is 1.40. The number of carbonyl (C=O) groups is 1. The van der Waals surface area contributed by atoms with Crippen LogP contribution in [0.4, 0.5) is 5.69 Å². The fraction of sp³-hybridized carbons (Fsp3) is 0.276. The summed E-state index contributed by atoms with van der Waals surface area (Å²) in [7, 11) is 0. The average molecular weight is 476 g/mol. The van der Waals surface area contributed by atoms with Crippen LogP contribution in [-0.4, -0.2) is 20.9 Å². The third-order valence-electron chi connectivity index (χ3n) is 7.05. The molecule has 0 saturated heterocycles. The van der Waals surface area contributed by atoms with Crippen molar-refractivity contribution in [1.29, 1.82) is 5.26 Å². The van der Waals surface area contributed by atoms with E-state index in [2.05, 4.69) is 23.2 Å². The number of aryl methyl sites for hydroxylation is 2. The van der Waals surface area contributed by atoms with Crippen LogP contribution in [0.2, 0.25) is 0 Å². The SMILES string of the molecule is Cc1nc(C2CC2)ccc1N(Cc1ccc2c3c(c(C)nc2c1)COC3)C(=O)c1ccc(C#N)nc1. The monoisotopic (exact) mass is 475 g/mol. The molecule has 0 bridgehead atoms. The van der Waals surface area contributed by atoms with Crippen molar-refractivity contribution in [2.75, 3.05) is 4.90 Å². The number of fused-ring (bicyclic) bond motifs is 3. The molecular formula is C29H25N5O2. The zero-order valence-corrected chi connectivity index (χ0v) is 20.3. The van der Waals surface area contributed by atoms with Gasteiger partial charge in [0.25, 0.3) is 5.91 Å². The van der Waals surface area contributed by atoms with Crippen LogP contribution in [0.25, 0.3) is 10.9 Å². The molecule has 1 aliphatic heterocycles. The maximum absolute atomic E-state index is 13.7. The Hall–Kier alpha value is -4.15. The summed E-state index contributed by atoms with van der Waals surface area (Å²) in [4.78, 5) is 29.2. The minimum atomic E-state index is -0.192. The van der Waals surface area contributed by atoms with Crippen molar-refractivity contribution in [3.8, 4) is 6.07 Å². The van der Waals surface area contributed by atoms with Gasteiger partial charge < -0.3 is 9.64 Å². The molecule has 4 aromatic rings. The van der Waals surface area contributed by atoms with Crippen molar-refractivity contribution in [2.24, 2.45) is 0 Å². The molecule has 1 aromatic carbocycles. The van der Waals surface area contributed by atoms with Crippen LogP contribution in [0, 0.1) is 25.2 Å². The van der Waals surface area contributed by atoms with Crippen LogP contribution < -0.4 is 4.90 Å².